The van der Waals surface area contributed by atoms with Gasteiger partial charge in [-0.05, 0) is 128 Å². The number of nitrogens with zero attached hydrogens (tertiary/aromatic N) is 4. The number of benzene rings is 8. The van der Waals surface area contributed by atoms with Crippen LogP contribution in [-0.2, 0) is 5.41 Å². The van der Waals surface area contributed by atoms with Crippen molar-refractivity contribution < 1.29 is 0 Å². The van der Waals surface area contributed by atoms with Crippen molar-refractivity contribution in [1.29, 1.82) is 5.26 Å². The molecule has 4 aliphatic carbocycles. The second-order valence-corrected chi connectivity index (χ2v) is 17.3. The minimum Gasteiger partial charge on any atom is -0.208 e. The molecule has 4 heteroatoms. The maximum atomic E-state index is 9.95. The average molecular weight is 745 g/mol. The van der Waals surface area contributed by atoms with Crippen LogP contribution in [0.25, 0.3) is 88.4 Å². The van der Waals surface area contributed by atoms with E-state index in [1.807, 2.05) is 24.3 Å². The van der Waals surface area contributed by atoms with E-state index in [-0.39, 0.29) is 5.41 Å². The van der Waals surface area contributed by atoms with Crippen molar-refractivity contribution in [3.63, 3.8) is 0 Å². The monoisotopic (exact) mass is 744 g/mol. The minimum atomic E-state index is 0.282. The molecule has 4 bridgehead atoms. The summed E-state index contributed by atoms with van der Waals surface area (Å²) in [7, 11) is 0. The Kier molecular flexibility index (Phi) is 7.45. The van der Waals surface area contributed by atoms with Gasteiger partial charge in [0, 0.05) is 22.1 Å². The van der Waals surface area contributed by atoms with Crippen LogP contribution in [0.1, 0.15) is 49.7 Å². The maximum Gasteiger partial charge on any atom is 0.164 e. The predicted octanol–water partition coefficient (Wildman–Crippen LogP) is 13.5. The zero-order valence-corrected chi connectivity index (χ0v) is 32.2. The second kappa shape index (κ2) is 12.9. The van der Waals surface area contributed by atoms with Crippen molar-refractivity contribution in [3.05, 3.63) is 163 Å². The van der Waals surface area contributed by atoms with Gasteiger partial charge in [0.15, 0.2) is 17.5 Å². The first-order valence-electron chi connectivity index (χ1n) is 20.8. The van der Waals surface area contributed by atoms with Crippen LogP contribution < -0.4 is 0 Å². The Balaban J connectivity index is 0.989. The van der Waals surface area contributed by atoms with E-state index in [0.717, 1.165) is 77.9 Å². The summed E-state index contributed by atoms with van der Waals surface area (Å²) >= 11 is 0. The fourth-order valence-corrected chi connectivity index (χ4v) is 11.8. The molecule has 276 valence electrons. The third-order valence-electron chi connectivity index (χ3n) is 13.9. The van der Waals surface area contributed by atoms with Crippen LogP contribution in [0.3, 0.4) is 0 Å². The van der Waals surface area contributed by atoms with Crippen molar-refractivity contribution in [2.45, 2.75) is 43.9 Å². The fraction of sp³-hybridized carbons (Fsp3) is 0.185. The number of rotatable bonds is 5. The van der Waals surface area contributed by atoms with Crippen molar-refractivity contribution in [3.8, 4) is 51.4 Å². The molecule has 0 amide bonds. The molecule has 13 rings (SSSR count). The third-order valence-corrected chi connectivity index (χ3v) is 13.9. The maximum absolute atomic E-state index is 9.95. The highest BCUT2D eigenvalue weighted by atomic mass is 15.0. The molecule has 1 heterocycles. The summed E-state index contributed by atoms with van der Waals surface area (Å²) in [6.07, 6.45) is 8.29. The van der Waals surface area contributed by atoms with E-state index >= 15 is 0 Å². The molecule has 0 spiro atoms. The van der Waals surface area contributed by atoms with Gasteiger partial charge in [-0.1, -0.05) is 140 Å². The van der Waals surface area contributed by atoms with Gasteiger partial charge in [0.05, 0.1) is 11.6 Å². The lowest BCUT2D eigenvalue weighted by molar-refractivity contribution is -0.00449. The van der Waals surface area contributed by atoms with Gasteiger partial charge in [-0.3, -0.25) is 0 Å². The standard InChI is InChI=1S/C54H40N4/c55-32-41-28-40-27-39(20-21-44(40)45-12-4-3-11-43(41)45)36-16-18-38(19-17-36)51-56-52(48-15-7-9-37-8-1-2-10-42(37)48)58-53(57-51)49-22-23-50(47-14-6-5-13-46(47)49)54-29-33-24-34(30-54)26-35(25-33)31-54/h1-23,27-28,33-35H,24-26,29-31H2. The van der Waals surface area contributed by atoms with Gasteiger partial charge in [-0.25, -0.2) is 15.0 Å². The van der Waals surface area contributed by atoms with Gasteiger partial charge in [-0.2, -0.15) is 5.26 Å². The van der Waals surface area contributed by atoms with Crippen LogP contribution in [0, 0.1) is 29.1 Å². The summed E-state index contributed by atoms with van der Waals surface area (Å²) in [5, 5.41) is 19.1. The molecule has 1 aromatic heterocycles. The lowest BCUT2D eigenvalue weighted by Gasteiger charge is -2.57. The van der Waals surface area contributed by atoms with Gasteiger partial charge in [0.1, 0.15) is 0 Å². The lowest BCUT2D eigenvalue weighted by atomic mass is 9.47. The molecular formula is C54H40N4. The van der Waals surface area contributed by atoms with Gasteiger partial charge in [0.25, 0.3) is 0 Å². The molecule has 58 heavy (non-hydrogen) atoms. The molecule has 0 saturated heterocycles. The van der Waals surface area contributed by atoms with E-state index in [1.54, 1.807) is 0 Å². The van der Waals surface area contributed by atoms with E-state index < -0.39 is 0 Å². The van der Waals surface area contributed by atoms with Crippen molar-refractivity contribution in [2.75, 3.05) is 0 Å². The first kappa shape index (κ1) is 33.4. The first-order chi connectivity index (χ1) is 28.6. The number of hydrogen-bond donors (Lipinski definition) is 0. The SMILES string of the molecule is N#Cc1cc2cc(-c3ccc(-c4nc(-c5cccc6ccccc56)nc(-c5ccc(C67CC8CC(CC(C8)C6)C7)c6ccccc56)n4)cc3)ccc2c2ccccc12. The average Bonchev–Trinajstić information content (AvgIpc) is 3.27. The molecule has 4 fully saturated rings. The molecule has 4 aliphatic rings. The smallest absolute Gasteiger partial charge is 0.164 e. The summed E-state index contributed by atoms with van der Waals surface area (Å²) in [5.74, 6) is 4.65. The number of aromatic nitrogens is 3. The van der Waals surface area contributed by atoms with Gasteiger partial charge in [0.2, 0.25) is 0 Å². The van der Waals surface area contributed by atoms with E-state index in [0.29, 0.717) is 23.0 Å². The zero-order valence-electron chi connectivity index (χ0n) is 32.2. The Labute approximate surface area is 337 Å². The largest absolute Gasteiger partial charge is 0.208 e. The molecule has 4 nitrogen and oxygen atoms in total. The highest BCUT2D eigenvalue weighted by Crippen LogP contribution is 2.61. The minimum absolute atomic E-state index is 0.282. The van der Waals surface area contributed by atoms with Crippen LogP contribution in [0.5, 0.6) is 0 Å². The third kappa shape index (κ3) is 5.30. The summed E-state index contributed by atoms with van der Waals surface area (Å²) in [6, 6.07) is 56.2. The molecule has 8 aromatic carbocycles. The molecule has 4 saturated carbocycles. The van der Waals surface area contributed by atoms with Crippen LogP contribution in [-0.4, -0.2) is 15.0 Å². The van der Waals surface area contributed by atoms with E-state index in [4.69, 9.17) is 15.0 Å². The van der Waals surface area contributed by atoms with Gasteiger partial charge < -0.3 is 0 Å². The summed E-state index contributed by atoms with van der Waals surface area (Å²) < 4.78 is 0. The highest BCUT2D eigenvalue weighted by molar-refractivity contribution is 6.10. The second-order valence-electron chi connectivity index (χ2n) is 17.3. The topological polar surface area (TPSA) is 62.5 Å². The van der Waals surface area contributed by atoms with Crippen molar-refractivity contribution >= 4 is 43.1 Å². The van der Waals surface area contributed by atoms with E-state index in [9.17, 15) is 5.26 Å². The van der Waals surface area contributed by atoms with Crippen molar-refractivity contribution in [2.24, 2.45) is 17.8 Å². The van der Waals surface area contributed by atoms with Gasteiger partial charge in [-0.15, -0.1) is 0 Å². The fourth-order valence-electron chi connectivity index (χ4n) is 11.8. The Hall–Kier alpha value is -6.70. The summed E-state index contributed by atoms with van der Waals surface area (Å²) in [6.45, 7) is 0. The Bertz CT molecular complexity index is 3130. The highest BCUT2D eigenvalue weighted by Gasteiger charge is 2.52. The molecule has 0 N–H and O–H groups in total. The van der Waals surface area contributed by atoms with Crippen LogP contribution in [0.2, 0.25) is 0 Å². The summed E-state index contributed by atoms with van der Waals surface area (Å²) in [4.78, 5) is 15.8. The van der Waals surface area contributed by atoms with Crippen LogP contribution >= 0.6 is 0 Å². The van der Waals surface area contributed by atoms with E-state index in [2.05, 4.69) is 133 Å². The predicted molar refractivity (Wildman–Crippen MR) is 236 cm³/mol. The lowest BCUT2D eigenvalue weighted by Crippen LogP contribution is -2.48. The van der Waals surface area contributed by atoms with Crippen LogP contribution in [0.4, 0.5) is 0 Å². The molecule has 9 aromatic rings. The number of fused-ring (bicyclic) bond motifs is 5. The first-order valence-corrected chi connectivity index (χ1v) is 20.8. The van der Waals surface area contributed by atoms with Gasteiger partial charge >= 0.3 is 0 Å². The van der Waals surface area contributed by atoms with Crippen LogP contribution in [0.15, 0.2) is 152 Å². The van der Waals surface area contributed by atoms with Crippen molar-refractivity contribution in [1.82, 2.24) is 15.0 Å². The van der Waals surface area contributed by atoms with E-state index in [1.165, 1.54) is 54.9 Å². The summed E-state index contributed by atoms with van der Waals surface area (Å²) in [5.41, 5.74) is 7.67. The Morgan fingerprint density at radius 3 is 1.72 bits per heavy atom. The normalized spacial score (nSPS) is 20.9. The molecule has 0 unspecified atom stereocenters. The molecule has 0 radical (unpaired) electrons. The quantitative estimate of drug-likeness (QED) is 0.165. The zero-order chi connectivity index (χ0) is 38.4. The molecule has 0 atom stereocenters. The number of hydrogen-bond acceptors (Lipinski definition) is 4. The Morgan fingerprint density at radius 2 is 1.00 bits per heavy atom. The molecule has 0 aliphatic heterocycles. The Morgan fingerprint density at radius 1 is 0.431 bits per heavy atom. The molecular weight excluding hydrogens is 705 g/mol. The number of nitriles is 1.